The van der Waals surface area contributed by atoms with E-state index < -0.39 is 23.4 Å². The fourth-order valence-corrected chi connectivity index (χ4v) is 3.06. The monoisotopic (exact) mass is 420 g/mol. The number of fused-ring (bicyclic) bond motifs is 1. The number of aromatic nitrogens is 2. The van der Waals surface area contributed by atoms with Crippen LogP contribution in [0.25, 0.3) is 11.1 Å². The number of nitrogens with one attached hydrogen (secondary N) is 2. The molecule has 2 amide bonds. The normalized spacial score (nSPS) is 10.7. The molecule has 8 nitrogen and oxygen atoms in total. The molecule has 0 aliphatic carbocycles. The molecule has 156 valence electrons. The van der Waals surface area contributed by atoms with Gasteiger partial charge in [-0.15, -0.1) is 0 Å². The maximum atomic E-state index is 13.8. The van der Waals surface area contributed by atoms with Gasteiger partial charge in [0.2, 0.25) is 5.91 Å². The summed E-state index contributed by atoms with van der Waals surface area (Å²) in [5.41, 5.74) is 1.50. The molecule has 2 aromatic heterocycles. The van der Waals surface area contributed by atoms with Crippen molar-refractivity contribution in [2.24, 2.45) is 0 Å². The highest BCUT2D eigenvalue weighted by Gasteiger charge is 2.14. The topological polar surface area (TPSA) is 106 Å². The van der Waals surface area contributed by atoms with Crippen molar-refractivity contribution in [1.82, 2.24) is 9.55 Å². The first kappa shape index (κ1) is 20.0. The summed E-state index contributed by atoms with van der Waals surface area (Å²) in [7, 11) is 0. The van der Waals surface area contributed by atoms with Gasteiger partial charge in [0.05, 0.1) is 16.9 Å². The Bertz CT molecular complexity index is 1310. The summed E-state index contributed by atoms with van der Waals surface area (Å²) in [6, 6.07) is 15.4. The van der Waals surface area contributed by atoms with Crippen LogP contribution >= 0.6 is 0 Å². The highest BCUT2D eigenvalue weighted by Crippen LogP contribution is 2.24. The number of halogens is 1. The summed E-state index contributed by atoms with van der Waals surface area (Å²) in [5, 5.41) is 5.19. The Morgan fingerprint density at radius 2 is 1.81 bits per heavy atom. The van der Waals surface area contributed by atoms with E-state index >= 15 is 0 Å². The number of pyridine rings is 1. The number of benzene rings is 2. The van der Waals surface area contributed by atoms with Gasteiger partial charge in [-0.05, 0) is 42.5 Å². The van der Waals surface area contributed by atoms with Crippen molar-refractivity contribution in [1.29, 1.82) is 0 Å². The Morgan fingerprint density at radius 1 is 1.00 bits per heavy atom. The minimum Gasteiger partial charge on any atom is -0.408 e. The standard InChI is InChI=1S/C22H17FN4O4/c23-14-8-9-15(26-21(29)16-5-3-4-11-24-16)17(13-14)25-20(28)10-12-27-18-6-1-2-7-19(18)31-22(27)30/h1-9,11,13H,10,12H2,(H,25,28)(H,26,29). The van der Waals surface area contributed by atoms with Gasteiger partial charge in [0.25, 0.3) is 5.91 Å². The molecule has 0 saturated carbocycles. The van der Waals surface area contributed by atoms with Crippen LogP contribution in [0, 0.1) is 5.82 Å². The summed E-state index contributed by atoms with van der Waals surface area (Å²) >= 11 is 0. The summed E-state index contributed by atoms with van der Waals surface area (Å²) in [5.74, 6) is -2.11. The Kier molecular flexibility index (Phi) is 5.57. The lowest BCUT2D eigenvalue weighted by Gasteiger charge is -2.12. The third-order valence-electron chi connectivity index (χ3n) is 4.54. The van der Waals surface area contributed by atoms with Crippen LogP contribution in [-0.2, 0) is 11.3 Å². The fourth-order valence-electron chi connectivity index (χ4n) is 3.06. The predicted octanol–water partition coefficient (Wildman–Crippen LogP) is 3.41. The molecule has 2 aromatic carbocycles. The molecule has 0 fully saturated rings. The van der Waals surface area contributed by atoms with Gasteiger partial charge in [-0.1, -0.05) is 18.2 Å². The molecule has 0 saturated heterocycles. The van der Waals surface area contributed by atoms with E-state index in [0.717, 1.165) is 6.07 Å². The number of aryl methyl sites for hydroxylation is 1. The van der Waals surface area contributed by atoms with Gasteiger partial charge in [-0.2, -0.15) is 0 Å². The lowest BCUT2D eigenvalue weighted by Crippen LogP contribution is -2.21. The maximum absolute atomic E-state index is 13.8. The number of anilines is 2. The average molecular weight is 420 g/mol. The van der Waals surface area contributed by atoms with Gasteiger partial charge in [0.15, 0.2) is 5.58 Å². The Hall–Kier alpha value is -4.27. The predicted molar refractivity (Wildman–Crippen MR) is 112 cm³/mol. The summed E-state index contributed by atoms with van der Waals surface area (Å²) in [4.78, 5) is 40.8. The number of hydrogen-bond donors (Lipinski definition) is 2. The second-order valence-corrected chi connectivity index (χ2v) is 6.64. The van der Waals surface area contributed by atoms with Gasteiger partial charge < -0.3 is 15.1 Å². The van der Waals surface area contributed by atoms with Crippen LogP contribution in [0.5, 0.6) is 0 Å². The molecule has 0 bridgehead atoms. The number of rotatable bonds is 6. The molecule has 0 radical (unpaired) electrons. The van der Waals surface area contributed by atoms with E-state index in [4.69, 9.17) is 4.42 Å². The first-order valence-corrected chi connectivity index (χ1v) is 9.41. The number of para-hydroxylation sites is 2. The van der Waals surface area contributed by atoms with E-state index in [2.05, 4.69) is 15.6 Å². The van der Waals surface area contributed by atoms with Crippen LogP contribution < -0.4 is 16.4 Å². The van der Waals surface area contributed by atoms with Crippen LogP contribution in [0.15, 0.2) is 76.1 Å². The molecule has 31 heavy (non-hydrogen) atoms. The molecule has 4 rings (SSSR count). The number of hydrogen-bond acceptors (Lipinski definition) is 5. The fraction of sp³-hybridized carbons (Fsp3) is 0.0909. The summed E-state index contributed by atoms with van der Waals surface area (Å²) in [6.45, 7) is 0.0760. The molecule has 2 N–H and O–H groups in total. The number of carbonyl (C=O) groups excluding carboxylic acids is 2. The molecule has 0 unspecified atom stereocenters. The highest BCUT2D eigenvalue weighted by atomic mass is 19.1. The summed E-state index contributed by atoms with van der Waals surface area (Å²) in [6.07, 6.45) is 1.41. The summed E-state index contributed by atoms with van der Waals surface area (Å²) < 4.78 is 20.3. The highest BCUT2D eigenvalue weighted by molar-refractivity contribution is 6.06. The van der Waals surface area contributed by atoms with E-state index in [1.54, 1.807) is 36.4 Å². The van der Waals surface area contributed by atoms with Gasteiger partial charge in [0.1, 0.15) is 11.5 Å². The molecular weight excluding hydrogens is 403 g/mol. The molecule has 0 atom stereocenters. The van der Waals surface area contributed by atoms with Crippen molar-refractivity contribution in [2.75, 3.05) is 10.6 Å². The zero-order valence-electron chi connectivity index (χ0n) is 16.2. The van der Waals surface area contributed by atoms with Crippen LogP contribution in [0.1, 0.15) is 16.9 Å². The zero-order chi connectivity index (χ0) is 21.8. The molecule has 0 aliphatic rings. The van der Waals surface area contributed by atoms with Crippen LogP contribution in [0.2, 0.25) is 0 Å². The zero-order valence-corrected chi connectivity index (χ0v) is 16.2. The van der Waals surface area contributed by atoms with E-state index in [-0.39, 0.29) is 30.0 Å². The SMILES string of the molecule is O=C(CCn1c(=O)oc2ccccc21)Nc1cc(F)ccc1NC(=O)c1ccccn1. The smallest absolute Gasteiger partial charge is 0.408 e. The molecule has 2 heterocycles. The second kappa shape index (κ2) is 8.62. The Labute approximate surface area is 175 Å². The third-order valence-corrected chi connectivity index (χ3v) is 4.54. The number of carbonyl (C=O) groups is 2. The molecule has 0 spiro atoms. The van der Waals surface area contributed by atoms with E-state index in [1.807, 2.05) is 0 Å². The van der Waals surface area contributed by atoms with Gasteiger partial charge in [-0.25, -0.2) is 9.18 Å². The van der Waals surface area contributed by atoms with Gasteiger partial charge in [0, 0.05) is 19.2 Å². The third kappa shape index (κ3) is 4.50. The molecule has 9 heteroatoms. The van der Waals surface area contributed by atoms with Crippen molar-refractivity contribution in [3.05, 3.63) is 88.9 Å². The first-order valence-electron chi connectivity index (χ1n) is 9.41. The van der Waals surface area contributed by atoms with Crippen molar-refractivity contribution < 1.29 is 18.4 Å². The number of amides is 2. The minimum absolute atomic E-state index is 0.0619. The number of nitrogens with zero attached hydrogens (tertiary/aromatic N) is 2. The molecular formula is C22H17FN4O4. The Balaban J connectivity index is 1.47. The van der Waals surface area contributed by atoms with Crippen LogP contribution in [0.4, 0.5) is 15.8 Å². The van der Waals surface area contributed by atoms with Crippen molar-refractivity contribution in [3.8, 4) is 0 Å². The second-order valence-electron chi connectivity index (χ2n) is 6.64. The largest absolute Gasteiger partial charge is 0.419 e. The van der Waals surface area contributed by atoms with Gasteiger partial charge >= 0.3 is 5.76 Å². The molecule has 0 aliphatic heterocycles. The van der Waals surface area contributed by atoms with Gasteiger partial charge in [-0.3, -0.25) is 19.1 Å². The van der Waals surface area contributed by atoms with E-state index in [0.29, 0.717) is 11.1 Å². The number of oxazole rings is 1. The van der Waals surface area contributed by atoms with Crippen molar-refractivity contribution >= 4 is 34.3 Å². The minimum atomic E-state index is -0.580. The lowest BCUT2D eigenvalue weighted by molar-refractivity contribution is -0.116. The van der Waals surface area contributed by atoms with E-state index in [1.165, 1.54) is 29.0 Å². The van der Waals surface area contributed by atoms with Crippen molar-refractivity contribution in [2.45, 2.75) is 13.0 Å². The van der Waals surface area contributed by atoms with Crippen molar-refractivity contribution in [3.63, 3.8) is 0 Å². The average Bonchev–Trinajstić information content (AvgIpc) is 3.09. The first-order chi connectivity index (χ1) is 15.0. The van der Waals surface area contributed by atoms with Crippen LogP contribution in [-0.4, -0.2) is 21.4 Å². The maximum Gasteiger partial charge on any atom is 0.419 e. The quantitative estimate of drug-likeness (QED) is 0.497. The lowest BCUT2D eigenvalue weighted by atomic mass is 10.2. The molecule has 4 aromatic rings. The van der Waals surface area contributed by atoms with E-state index in [9.17, 15) is 18.8 Å². The van der Waals surface area contributed by atoms with Crippen LogP contribution in [0.3, 0.4) is 0 Å². The Morgan fingerprint density at radius 3 is 2.61 bits per heavy atom.